The first kappa shape index (κ1) is 11.2. The minimum Gasteiger partial charge on any atom is -0.412 e. The van der Waals surface area contributed by atoms with E-state index in [0.29, 0.717) is 10.9 Å². The zero-order valence-corrected chi connectivity index (χ0v) is 10.2. The van der Waals surface area contributed by atoms with Gasteiger partial charge in [-0.3, -0.25) is 4.79 Å². The van der Waals surface area contributed by atoms with Crippen molar-refractivity contribution in [3.05, 3.63) is 35.2 Å². The highest BCUT2D eigenvalue weighted by Crippen LogP contribution is 2.21. The van der Waals surface area contributed by atoms with Crippen LogP contribution in [0.25, 0.3) is 11.5 Å². The molecule has 0 saturated carbocycles. The van der Waals surface area contributed by atoms with Gasteiger partial charge in [-0.05, 0) is 30.7 Å². The van der Waals surface area contributed by atoms with Gasteiger partial charge in [-0.1, -0.05) is 11.6 Å². The van der Waals surface area contributed by atoms with Crippen molar-refractivity contribution < 1.29 is 9.21 Å². The maximum Gasteiger partial charge on any atom is 0.311 e. The van der Waals surface area contributed by atoms with Crippen LogP contribution >= 0.6 is 11.6 Å². The lowest BCUT2D eigenvalue weighted by Crippen LogP contribution is -2.42. The lowest BCUT2D eigenvalue weighted by atomic mass is 10.2. The minimum atomic E-state index is -0.200. The second kappa shape index (κ2) is 4.42. The molecule has 1 amide bonds. The Morgan fingerprint density at radius 3 is 2.56 bits per heavy atom. The van der Waals surface area contributed by atoms with E-state index in [9.17, 15) is 4.79 Å². The van der Waals surface area contributed by atoms with E-state index >= 15 is 0 Å². The van der Waals surface area contributed by atoms with Crippen LogP contribution in [0.2, 0.25) is 5.02 Å². The molecule has 2 heterocycles. The quantitative estimate of drug-likeness (QED) is 0.834. The Labute approximate surface area is 108 Å². The highest BCUT2D eigenvalue weighted by molar-refractivity contribution is 6.30. The van der Waals surface area contributed by atoms with Crippen molar-refractivity contribution in [2.45, 2.75) is 6.42 Å². The van der Waals surface area contributed by atoms with Crippen LogP contribution in [0.1, 0.15) is 17.1 Å². The number of benzene rings is 1. The molecule has 1 aromatic heterocycles. The number of rotatable bonds is 2. The van der Waals surface area contributed by atoms with Gasteiger partial charge in [0.1, 0.15) is 0 Å². The smallest absolute Gasteiger partial charge is 0.311 e. The van der Waals surface area contributed by atoms with Gasteiger partial charge in [0.25, 0.3) is 0 Å². The molecule has 2 aromatic rings. The summed E-state index contributed by atoms with van der Waals surface area (Å²) in [4.78, 5) is 13.5. The standard InChI is InChI=1S/C12H10ClN3O2/c13-9-4-2-8(3-5-9)10-14-15-11(18-10)12(17)16-6-1-7-16/h2-5H,1,6-7H2. The Balaban J connectivity index is 1.84. The monoisotopic (exact) mass is 263 g/mol. The molecular weight excluding hydrogens is 254 g/mol. The number of hydrogen-bond acceptors (Lipinski definition) is 4. The fourth-order valence-corrected chi connectivity index (χ4v) is 1.80. The molecule has 1 aliphatic rings. The van der Waals surface area contributed by atoms with Crippen LogP contribution in [-0.4, -0.2) is 34.1 Å². The van der Waals surface area contributed by atoms with Crippen LogP contribution in [0.5, 0.6) is 0 Å². The van der Waals surface area contributed by atoms with Crippen molar-refractivity contribution in [3.8, 4) is 11.5 Å². The summed E-state index contributed by atoms with van der Waals surface area (Å²) in [7, 11) is 0. The molecule has 1 saturated heterocycles. The highest BCUT2D eigenvalue weighted by atomic mass is 35.5. The average molecular weight is 264 g/mol. The molecule has 92 valence electrons. The summed E-state index contributed by atoms with van der Waals surface area (Å²) in [6, 6.07) is 7.01. The highest BCUT2D eigenvalue weighted by Gasteiger charge is 2.26. The molecule has 0 aliphatic carbocycles. The molecule has 5 nitrogen and oxygen atoms in total. The summed E-state index contributed by atoms with van der Waals surface area (Å²) in [5.74, 6) is 0.171. The molecule has 0 spiro atoms. The minimum absolute atomic E-state index is 0.0413. The van der Waals surface area contributed by atoms with E-state index in [0.717, 1.165) is 25.1 Å². The summed E-state index contributed by atoms with van der Waals surface area (Å²) in [6.45, 7) is 1.52. The number of aromatic nitrogens is 2. The molecule has 0 N–H and O–H groups in total. The van der Waals surface area contributed by atoms with Gasteiger partial charge in [0.2, 0.25) is 5.89 Å². The van der Waals surface area contributed by atoms with Crippen molar-refractivity contribution >= 4 is 17.5 Å². The molecule has 18 heavy (non-hydrogen) atoms. The molecule has 0 atom stereocenters. The normalized spacial score (nSPS) is 14.4. The Morgan fingerprint density at radius 2 is 1.94 bits per heavy atom. The summed E-state index contributed by atoms with van der Waals surface area (Å²) in [5, 5.41) is 8.28. The largest absolute Gasteiger partial charge is 0.412 e. The van der Waals surface area contributed by atoms with Crippen LogP contribution in [-0.2, 0) is 0 Å². The third-order valence-corrected chi connectivity index (χ3v) is 3.09. The van der Waals surface area contributed by atoms with Crippen LogP contribution in [0.15, 0.2) is 28.7 Å². The van der Waals surface area contributed by atoms with Crippen molar-refractivity contribution in [1.82, 2.24) is 15.1 Å². The van der Waals surface area contributed by atoms with Crippen molar-refractivity contribution in [3.63, 3.8) is 0 Å². The van der Waals surface area contributed by atoms with Crippen LogP contribution in [0.4, 0.5) is 0 Å². The molecule has 0 radical (unpaired) electrons. The maximum atomic E-state index is 11.8. The first-order chi connectivity index (χ1) is 8.74. The number of halogens is 1. The van der Waals surface area contributed by atoms with Gasteiger partial charge in [0.05, 0.1) is 0 Å². The molecule has 1 fully saturated rings. The predicted molar refractivity (Wildman–Crippen MR) is 65.3 cm³/mol. The topological polar surface area (TPSA) is 59.2 Å². The number of likely N-dealkylation sites (tertiary alicyclic amines) is 1. The van der Waals surface area contributed by atoms with E-state index in [1.54, 1.807) is 29.2 Å². The van der Waals surface area contributed by atoms with E-state index in [1.165, 1.54) is 0 Å². The predicted octanol–water partition coefficient (Wildman–Crippen LogP) is 2.24. The average Bonchev–Trinajstić information content (AvgIpc) is 2.77. The second-order valence-corrected chi connectivity index (χ2v) is 4.50. The van der Waals surface area contributed by atoms with E-state index in [-0.39, 0.29) is 11.8 Å². The fourth-order valence-electron chi connectivity index (χ4n) is 1.67. The Bertz CT molecular complexity index is 575. The van der Waals surface area contributed by atoms with Crippen molar-refractivity contribution in [2.75, 3.05) is 13.1 Å². The lowest BCUT2D eigenvalue weighted by molar-refractivity contribution is 0.0611. The van der Waals surface area contributed by atoms with Crippen LogP contribution < -0.4 is 0 Å². The summed E-state index contributed by atoms with van der Waals surface area (Å²) < 4.78 is 5.37. The molecule has 3 rings (SSSR count). The van der Waals surface area contributed by atoms with E-state index in [4.69, 9.17) is 16.0 Å². The van der Waals surface area contributed by atoms with E-state index in [2.05, 4.69) is 10.2 Å². The van der Waals surface area contributed by atoms with Gasteiger partial charge >= 0.3 is 11.8 Å². The maximum absolute atomic E-state index is 11.8. The Kier molecular flexibility index (Phi) is 2.76. The van der Waals surface area contributed by atoms with Gasteiger partial charge in [-0.2, -0.15) is 0 Å². The third-order valence-electron chi connectivity index (χ3n) is 2.84. The molecular formula is C12H10ClN3O2. The van der Waals surface area contributed by atoms with Gasteiger partial charge in [0.15, 0.2) is 0 Å². The van der Waals surface area contributed by atoms with Crippen molar-refractivity contribution in [2.24, 2.45) is 0 Å². The van der Waals surface area contributed by atoms with Crippen LogP contribution in [0.3, 0.4) is 0 Å². The molecule has 1 aromatic carbocycles. The zero-order chi connectivity index (χ0) is 12.5. The van der Waals surface area contributed by atoms with Gasteiger partial charge in [0, 0.05) is 23.7 Å². The van der Waals surface area contributed by atoms with E-state index in [1.807, 2.05) is 0 Å². The molecule has 1 aliphatic heterocycles. The Hall–Kier alpha value is -1.88. The number of carbonyl (C=O) groups is 1. The van der Waals surface area contributed by atoms with E-state index < -0.39 is 0 Å². The molecule has 6 heteroatoms. The zero-order valence-electron chi connectivity index (χ0n) is 9.47. The first-order valence-electron chi connectivity index (χ1n) is 5.63. The summed E-state index contributed by atoms with van der Waals surface area (Å²) >= 11 is 5.80. The number of nitrogens with zero attached hydrogens (tertiary/aromatic N) is 3. The molecule has 0 unspecified atom stereocenters. The van der Waals surface area contributed by atoms with Gasteiger partial charge in [-0.25, -0.2) is 0 Å². The van der Waals surface area contributed by atoms with Gasteiger partial charge in [-0.15, -0.1) is 10.2 Å². The summed E-state index contributed by atoms with van der Waals surface area (Å²) in [6.07, 6.45) is 1.03. The number of amides is 1. The van der Waals surface area contributed by atoms with Crippen LogP contribution in [0, 0.1) is 0 Å². The fraction of sp³-hybridized carbons (Fsp3) is 0.250. The molecule has 0 bridgehead atoms. The van der Waals surface area contributed by atoms with Crippen molar-refractivity contribution in [1.29, 1.82) is 0 Å². The lowest BCUT2D eigenvalue weighted by Gasteiger charge is -2.29. The summed E-state index contributed by atoms with van der Waals surface area (Å²) in [5.41, 5.74) is 0.745. The Morgan fingerprint density at radius 1 is 1.22 bits per heavy atom. The number of hydrogen-bond donors (Lipinski definition) is 0. The number of carbonyl (C=O) groups excluding carboxylic acids is 1. The van der Waals surface area contributed by atoms with Gasteiger partial charge < -0.3 is 9.32 Å². The second-order valence-electron chi connectivity index (χ2n) is 4.07. The third kappa shape index (κ3) is 1.97. The SMILES string of the molecule is O=C(c1nnc(-c2ccc(Cl)cc2)o1)N1CCC1. The first-order valence-corrected chi connectivity index (χ1v) is 6.00.